The topological polar surface area (TPSA) is 99.2 Å². The summed E-state index contributed by atoms with van der Waals surface area (Å²) in [7, 11) is 0. The van der Waals surface area contributed by atoms with Crippen molar-refractivity contribution in [1.29, 1.82) is 0 Å². The molecule has 0 radical (unpaired) electrons. The zero-order chi connectivity index (χ0) is 24.8. The number of rotatable bonds is 8. The zero-order valence-electron chi connectivity index (χ0n) is 20.1. The van der Waals surface area contributed by atoms with Crippen LogP contribution in [0.3, 0.4) is 0 Å². The predicted molar refractivity (Wildman–Crippen MR) is 132 cm³/mol. The van der Waals surface area contributed by atoms with E-state index in [4.69, 9.17) is 9.84 Å². The molecule has 8 heteroatoms. The van der Waals surface area contributed by atoms with Crippen LogP contribution in [0.5, 0.6) is 0 Å². The summed E-state index contributed by atoms with van der Waals surface area (Å²) < 4.78 is 5.63. The van der Waals surface area contributed by atoms with Crippen LogP contribution in [0.1, 0.15) is 43.2 Å². The minimum Gasteiger partial charge on any atom is -0.480 e. The van der Waals surface area contributed by atoms with E-state index < -0.39 is 12.1 Å². The number of hydrogen-bond acceptors (Lipinski definition) is 5. The first-order valence-corrected chi connectivity index (χ1v) is 12.3. The second-order valence-corrected chi connectivity index (χ2v) is 9.18. The van der Waals surface area contributed by atoms with E-state index in [9.17, 15) is 14.4 Å². The summed E-state index contributed by atoms with van der Waals surface area (Å²) in [5.41, 5.74) is 4.66. The van der Waals surface area contributed by atoms with Crippen LogP contribution < -0.4 is 5.32 Å². The van der Waals surface area contributed by atoms with Gasteiger partial charge in [0.05, 0.1) is 6.54 Å². The van der Waals surface area contributed by atoms with Crippen molar-refractivity contribution >= 4 is 18.0 Å². The van der Waals surface area contributed by atoms with Crippen LogP contribution in [0.25, 0.3) is 11.1 Å². The zero-order valence-corrected chi connectivity index (χ0v) is 20.1. The lowest BCUT2D eigenvalue weighted by Gasteiger charge is -2.24. The summed E-state index contributed by atoms with van der Waals surface area (Å²) >= 11 is 0. The van der Waals surface area contributed by atoms with Crippen LogP contribution in [0.2, 0.25) is 0 Å². The third-order valence-corrected chi connectivity index (χ3v) is 6.88. The molecule has 2 aromatic carbocycles. The van der Waals surface area contributed by atoms with Gasteiger partial charge in [-0.15, -0.1) is 0 Å². The molecule has 0 bridgehead atoms. The van der Waals surface area contributed by atoms with Crippen LogP contribution in [0, 0.1) is 0 Å². The minimum atomic E-state index is -0.858. The third kappa shape index (κ3) is 6.00. The van der Waals surface area contributed by atoms with E-state index in [2.05, 4.69) is 29.6 Å². The summed E-state index contributed by atoms with van der Waals surface area (Å²) in [5, 5.41) is 11.9. The van der Waals surface area contributed by atoms with Gasteiger partial charge in [0.15, 0.2) is 0 Å². The summed E-state index contributed by atoms with van der Waals surface area (Å²) in [6.07, 6.45) is 1.01. The van der Waals surface area contributed by atoms with Gasteiger partial charge in [-0.1, -0.05) is 55.5 Å². The molecule has 1 heterocycles. The van der Waals surface area contributed by atoms with Crippen molar-refractivity contribution in [1.82, 2.24) is 15.1 Å². The molecule has 2 aliphatic rings. The van der Waals surface area contributed by atoms with Crippen molar-refractivity contribution < 1.29 is 24.2 Å². The summed E-state index contributed by atoms with van der Waals surface area (Å²) in [4.78, 5) is 40.1. The van der Waals surface area contributed by atoms with Gasteiger partial charge in [-0.25, -0.2) is 4.79 Å². The average Bonchev–Trinajstić information content (AvgIpc) is 2.98. The number of carbonyl (C=O) groups excluding carboxylic acids is 2. The first kappa shape index (κ1) is 24.7. The minimum absolute atomic E-state index is 0.0110. The summed E-state index contributed by atoms with van der Waals surface area (Å²) in [6.45, 7) is 4.43. The fourth-order valence-corrected chi connectivity index (χ4v) is 5.01. The molecule has 1 aliphatic heterocycles. The normalized spacial score (nSPS) is 16.7. The summed E-state index contributed by atoms with van der Waals surface area (Å²) in [6, 6.07) is 16.1. The van der Waals surface area contributed by atoms with E-state index in [0.717, 1.165) is 17.5 Å². The smallest absolute Gasteiger partial charge is 0.407 e. The number of carboxylic acids is 1. The maximum atomic E-state index is 12.9. The second-order valence-electron chi connectivity index (χ2n) is 9.18. The molecule has 4 rings (SSSR count). The van der Waals surface area contributed by atoms with Crippen LogP contribution in [0.15, 0.2) is 48.5 Å². The second kappa shape index (κ2) is 11.4. The molecule has 0 spiro atoms. The van der Waals surface area contributed by atoms with Crippen LogP contribution in [-0.4, -0.2) is 78.2 Å². The maximum absolute atomic E-state index is 12.9. The molecule has 1 fully saturated rings. The molecular weight excluding hydrogens is 446 g/mol. The third-order valence-electron chi connectivity index (χ3n) is 6.88. The Labute approximate surface area is 205 Å². The Morgan fingerprint density at radius 1 is 1.00 bits per heavy atom. The van der Waals surface area contributed by atoms with Gasteiger partial charge >= 0.3 is 12.1 Å². The van der Waals surface area contributed by atoms with Gasteiger partial charge in [0.1, 0.15) is 6.61 Å². The standard InChI is InChI=1S/C27H33N3O5/c1-2-19(16-25(31)30-13-7-12-29(14-15-30)17-26(32)33)28-27(34)35-18-24-22-10-5-3-8-20(22)21-9-4-6-11-23(21)24/h3-6,8-11,19,24H,2,7,12-18H2,1H3,(H,28,34)(H,32,33). The number of nitrogens with zero attached hydrogens (tertiary/aromatic N) is 2. The lowest BCUT2D eigenvalue weighted by Crippen LogP contribution is -2.42. The van der Waals surface area contributed by atoms with Crippen molar-refractivity contribution in [3.63, 3.8) is 0 Å². The van der Waals surface area contributed by atoms with Gasteiger partial charge in [-0.05, 0) is 35.1 Å². The highest BCUT2D eigenvalue weighted by Crippen LogP contribution is 2.44. The SMILES string of the molecule is CCC(CC(=O)N1CCCN(CC(=O)O)CC1)NC(=O)OCC1c2ccccc2-c2ccccc21. The predicted octanol–water partition coefficient (Wildman–Crippen LogP) is 3.31. The number of ether oxygens (including phenoxy) is 1. The van der Waals surface area contributed by atoms with Crippen molar-refractivity contribution in [2.75, 3.05) is 39.3 Å². The van der Waals surface area contributed by atoms with Gasteiger partial charge in [0, 0.05) is 44.6 Å². The molecule has 186 valence electrons. The van der Waals surface area contributed by atoms with Crippen LogP contribution in [0.4, 0.5) is 4.79 Å². The number of amides is 2. The highest BCUT2D eigenvalue weighted by Gasteiger charge is 2.29. The quantitative estimate of drug-likeness (QED) is 0.603. The molecule has 35 heavy (non-hydrogen) atoms. The van der Waals surface area contributed by atoms with E-state index in [-0.39, 0.29) is 37.4 Å². The molecule has 8 nitrogen and oxygen atoms in total. The highest BCUT2D eigenvalue weighted by molar-refractivity contribution is 5.79. The molecule has 2 aromatic rings. The lowest BCUT2D eigenvalue weighted by atomic mass is 9.98. The molecule has 0 saturated carbocycles. The Hall–Kier alpha value is -3.39. The number of benzene rings is 2. The number of hydrogen-bond donors (Lipinski definition) is 2. The first-order chi connectivity index (χ1) is 17.0. The fraction of sp³-hybridized carbons (Fsp3) is 0.444. The fourth-order valence-electron chi connectivity index (χ4n) is 5.01. The Bertz CT molecular complexity index is 1030. The Morgan fingerprint density at radius 2 is 1.66 bits per heavy atom. The molecule has 1 unspecified atom stereocenters. The van der Waals surface area contributed by atoms with E-state index >= 15 is 0 Å². The van der Waals surface area contributed by atoms with E-state index in [1.54, 1.807) is 4.90 Å². The highest BCUT2D eigenvalue weighted by atomic mass is 16.5. The molecular formula is C27H33N3O5. The van der Waals surface area contributed by atoms with E-state index in [0.29, 0.717) is 32.6 Å². The van der Waals surface area contributed by atoms with E-state index in [1.807, 2.05) is 36.1 Å². The Morgan fingerprint density at radius 3 is 2.29 bits per heavy atom. The van der Waals surface area contributed by atoms with Crippen molar-refractivity contribution in [3.8, 4) is 11.1 Å². The molecule has 1 atom stereocenters. The van der Waals surface area contributed by atoms with Crippen molar-refractivity contribution in [3.05, 3.63) is 59.7 Å². The largest absolute Gasteiger partial charge is 0.480 e. The maximum Gasteiger partial charge on any atom is 0.407 e. The van der Waals surface area contributed by atoms with Gasteiger partial charge < -0.3 is 20.1 Å². The molecule has 2 N–H and O–H groups in total. The van der Waals surface area contributed by atoms with Gasteiger partial charge in [-0.2, -0.15) is 0 Å². The lowest BCUT2D eigenvalue weighted by molar-refractivity contribution is -0.138. The van der Waals surface area contributed by atoms with Crippen molar-refractivity contribution in [2.45, 2.75) is 38.1 Å². The number of aliphatic carboxylic acids is 1. The van der Waals surface area contributed by atoms with Crippen molar-refractivity contribution in [2.24, 2.45) is 0 Å². The molecule has 2 amide bonds. The van der Waals surface area contributed by atoms with Gasteiger partial charge in [-0.3, -0.25) is 14.5 Å². The number of fused-ring (bicyclic) bond motifs is 3. The van der Waals surface area contributed by atoms with E-state index in [1.165, 1.54) is 11.1 Å². The van der Waals surface area contributed by atoms with Crippen LogP contribution in [-0.2, 0) is 14.3 Å². The van der Waals surface area contributed by atoms with Gasteiger partial charge in [0.2, 0.25) is 5.91 Å². The molecule has 0 aromatic heterocycles. The monoisotopic (exact) mass is 479 g/mol. The first-order valence-electron chi connectivity index (χ1n) is 12.3. The summed E-state index contributed by atoms with van der Waals surface area (Å²) in [5.74, 6) is -0.906. The van der Waals surface area contributed by atoms with Crippen LogP contribution >= 0.6 is 0 Å². The van der Waals surface area contributed by atoms with Gasteiger partial charge in [0.25, 0.3) is 0 Å². The number of alkyl carbamates (subject to hydrolysis) is 1. The molecule has 1 aliphatic carbocycles. The Kier molecular flexibility index (Phi) is 8.02. The molecule has 1 saturated heterocycles. The number of carboxylic acid groups (broad SMARTS) is 1. The average molecular weight is 480 g/mol. The number of nitrogens with one attached hydrogen (secondary N) is 1. The number of carbonyl (C=O) groups is 3. The Balaban J connectivity index is 1.29.